The minimum atomic E-state index is 0.331. The Bertz CT molecular complexity index is 449. The molecular formula is C16H26ClN3. The number of benzene rings is 1. The third-order valence-corrected chi connectivity index (χ3v) is 4.72. The van der Waals surface area contributed by atoms with Gasteiger partial charge in [0.05, 0.1) is 10.7 Å². The van der Waals surface area contributed by atoms with E-state index < -0.39 is 0 Å². The molecule has 0 saturated carbocycles. The number of halogens is 1. The molecule has 1 aliphatic heterocycles. The van der Waals surface area contributed by atoms with Crippen molar-refractivity contribution in [2.24, 2.45) is 0 Å². The van der Waals surface area contributed by atoms with Crippen LogP contribution < -0.4 is 10.2 Å². The minimum Gasteiger partial charge on any atom is -0.367 e. The molecule has 3 nitrogen and oxygen atoms in total. The average molecular weight is 296 g/mol. The average Bonchev–Trinajstić information content (AvgIpc) is 2.46. The molecule has 112 valence electrons. The summed E-state index contributed by atoms with van der Waals surface area (Å²) in [7, 11) is 1.97. The first-order chi connectivity index (χ1) is 9.56. The molecular weight excluding hydrogens is 270 g/mol. The van der Waals surface area contributed by atoms with E-state index in [2.05, 4.69) is 54.1 Å². The standard InChI is InChI=1S/C16H26ClN3/c1-5-19-8-9-20(11-12(19)2)16-7-6-14(10-15(16)17)13(3)18-4/h6-7,10,12-13,18H,5,8-9,11H2,1-4H3. The van der Waals surface area contributed by atoms with Crippen LogP contribution in [0.3, 0.4) is 0 Å². The highest BCUT2D eigenvalue weighted by molar-refractivity contribution is 6.33. The molecule has 0 aromatic heterocycles. The largest absolute Gasteiger partial charge is 0.367 e. The Kier molecular flexibility index (Phi) is 5.30. The second-order valence-electron chi connectivity index (χ2n) is 5.64. The molecule has 1 saturated heterocycles. The molecule has 2 rings (SSSR count). The second kappa shape index (κ2) is 6.79. The number of piperazine rings is 1. The lowest BCUT2D eigenvalue weighted by Crippen LogP contribution is -2.51. The maximum Gasteiger partial charge on any atom is 0.0642 e. The molecule has 0 bridgehead atoms. The van der Waals surface area contributed by atoms with Crippen LogP contribution >= 0.6 is 11.6 Å². The topological polar surface area (TPSA) is 18.5 Å². The molecule has 1 aromatic carbocycles. The zero-order chi connectivity index (χ0) is 14.7. The fourth-order valence-corrected chi connectivity index (χ4v) is 3.21. The number of nitrogens with one attached hydrogen (secondary N) is 1. The molecule has 4 heteroatoms. The predicted molar refractivity (Wildman–Crippen MR) is 87.8 cm³/mol. The van der Waals surface area contributed by atoms with Gasteiger partial charge in [-0.2, -0.15) is 0 Å². The van der Waals surface area contributed by atoms with E-state index in [-0.39, 0.29) is 0 Å². The summed E-state index contributed by atoms with van der Waals surface area (Å²) < 4.78 is 0. The van der Waals surface area contributed by atoms with Crippen LogP contribution in [-0.2, 0) is 0 Å². The SMILES string of the molecule is CCN1CCN(c2ccc(C(C)NC)cc2Cl)CC1C. The Balaban J connectivity index is 2.14. The van der Waals surface area contributed by atoms with Crippen LogP contribution in [0, 0.1) is 0 Å². The molecule has 1 aliphatic rings. The highest BCUT2D eigenvalue weighted by Crippen LogP contribution is 2.30. The first-order valence-corrected chi connectivity index (χ1v) is 7.90. The van der Waals surface area contributed by atoms with Gasteiger partial charge in [0.1, 0.15) is 0 Å². The molecule has 20 heavy (non-hydrogen) atoms. The molecule has 0 aliphatic carbocycles. The Morgan fingerprint density at radius 2 is 2.15 bits per heavy atom. The zero-order valence-electron chi connectivity index (χ0n) is 13.0. The number of hydrogen-bond acceptors (Lipinski definition) is 3. The van der Waals surface area contributed by atoms with E-state index in [9.17, 15) is 0 Å². The van der Waals surface area contributed by atoms with E-state index in [1.54, 1.807) is 0 Å². The van der Waals surface area contributed by atoms with Crippen molar-refractivity contribution in [3.05, 3.63) is 28.8 Å². The second-order valence-corrected chi connectivity index (χ2v) is 6.05. The molecule has 2 unspecified atom stereocenters. The number of likely N-dealkylation sites (N-methyl/N-ethyl adjacent to an activating group) is 1. The Hall–Kier alpha value is -0.770. The van der Waals surface area contributed by atoms with E-state index in [0.717, 1.165) is 31.2 Å². The van der Waals surface area contributed by atoms with Gasteiger partial charge in [-0.1, -0.05) is 24.6 Å². The number of nitrogens with zero attached hydrogens (tertiary/aromatic N) is 2. The van der Waals surface area contributed by atoms with Gasteiger partial charge in [0, 0.05) is 31.7 Å². The van der Waals surface area contributed by atoms with Gasteiger partial charge in [-0.15, -0.1) is 0 Å². The van der Waals surface area contributed by atoms with E-state index >= 15 is 0 Å². The molecule has 1 fully saturated rings. The van der Waals surface area contributed by atoms with Crippen molar-refractivity contribution >= 4 is 17.3 Å². The smallest absolute Gasteiger partial charge is 0.0642 e. The molecule has 0 radical (unpaired) electrons. The highest BCUT2D eigenvalue weighted by atomic mass is 35.5. The van der Waals surface area contributed by atoms with Gasteiger partial charge in [0.25, 0.3) is 0 Å². The fourth-order valence-electron chi connectivity index (χ4n) is 2.90. The maximum atomic E-state index is 6.50. The van der Waals surface area contributed by atoms with Crippen LogP contribution in [0.1, 0.15) is 32.4 Å². The third kappa shape index (κ3) is 3.27. The van der Waals surface area contributed by atoms with Crippen molar-refractivity contribution in [3.8, 4) is 0 Å². The Morgan fingerprint density at radius 1 is 1.40 bits per heavy atom. The van der Waals surface area contributed by atoms with Crippen LogP contribution in [0.15, 0.2) is 18.2 Å². The normalized spacial score (nSPS) is 22.1. The van der Waals surface area contributed by atoms with Gasteiger partial charge >= 0.3 is 0 Å². The monoisotopic (exact) mass is 295 g/mol. The summed E-state index contributed by atoms with van der Waals surface area (Å²) in [6.45, 7) is 11.0. The van der Waals surface area contributed by atoms with Crippen molar-refractivity contribution in [1.82, 2.24) is 10.2 Å². The van der Waals surface area contributed by atoms with Gasteiger partial charge in [-0.05, 0) is 45.1 Å². The lowest BCUT2D eigenvalue weighted by atomic mass is 10.1. The molecule has 0 spiro atoms. The minimum absolute atomic E-state index is 0.331. The van der Waals surface area contributed by atoms with Crippen molar-refractivity contribution in [2.45, 2.75) is 32.9 Å². The first kappa shape index (κ1) is 15.6. The molecule has 2 atom stereocenters. The van der Waals surface area contributed by atoms with Crippen molar-refractivity contribution in [3.63, 3.8) is 0 Å². The summed E-state index contributed by atoms with van der Waals surface area (Å²) >= 11 is 6.50. The summed E-state index contributed by atoms with van der Waals surface area (Å²) in [5, 5.41) is 4.11. The lowest BCUT2D eigenvalue weighted by molar-refractivity contribution is 0.199. The summed E-state index contributed by atoms with van der Waals surface area (Å²) in [6.07, 6.45) is 0. The molecule has 1 heterocycles. The van der Waals surface area contributed by atoms with Gasteiger partial charge in [0.15, 0.2) is 0 Å². The summed E-state index contributed by atoms with van der Waals surface area (Å²) in [5.41, 5.74) is 2.41. The number of anilines is 1. The summed E-state index contributed by atoms with van der Waals surface area (Å²) in [6, 6.07) is 7.35. The molecule has 1 N–H and O–H groups in total. The van der Waals surface area contributed by atoms with Crippen molar-refractivity contribution in [1.29, 1.82) is 0 Å². The lowest BCUT2D eigenvalue weighted by Gasteiger charge is -2.40. The molecule has 1 aromatic rings. The van der Waals surface area contributed by atoms with Crippen molar-refractivity contribution in [2.75, 3.05) is 38.1 Å². The first-order valence-electron chi connectivity index (χ1n) is 7.52. The molecule has 0 amide bonds. The van der Waals surface area contributed by atoms with Crippen LogP contribution in [0.4, 0.5) is 5.69 Å². The van der Waals surface area contributed by atoms with Crippen molar-refractivity contribution < 1.29 is 0 Å². The van der Waals surface area contributed by atoms with Crippen LogP contribution in [0.2, 0.25) is 5.02 Å². The van der Waals surface area contributed by atoms with Gasteiger partial charge in [0.2, 0.25) is 0 Å². The summed E-state index contributed by atoms with van der Waals surface area (Å²) in [4.78, 5) is 4.93. The van der Waals surface area contributed by atoms with Gasteiger partial charge < -0.3 is 10.2 Å². The Labute approximate surface area is 127 Å². The number of hydrogen-bond donors (Lipinski definition) is 1. The number of rotatable bonds is 4. The van der Waals surface area contributed by atoms with E-state index in [4.69, 9.17) is 11.6 Å². The highest BCUT2D eigenvalue weighted by Gasteiger charge is 2.23. The predicted octanol–water partition coefficient (Wildman–Crippen LogP) is 3.15. The third-order valence-electron chi connectivity index (χ3n) is 4.42. The Morgan fingerprint density at radius 3 is 2.70 bits per heavy atom. The van der Waals surface area contributed by atoms with E-state index in [0.29, 0.717) is 12.1 Å². The van der Waals surface area contributed by atoms with Gasteiger partial charge in [-0.3, -0.25) is 4.90 Å². The van der Waals surface area contributed by atoms with Gasteiger partial charge in [-0.25, -0.2) is 0 Å². The van der Waals surface area contributed by atoms with E-state index in [1.165, 1.54) is 11.3 Å². The zero-order valence-corrected chi connectivity index (χ0v) is 13.7. The maximum absolute atomic E-state index is 6.50. The van der Waals surface area contributed by atoms with Crippen LogP contribution in [-0.4, -0.2) is 44.2 Å². The van der Waals surface area contributed by atoms with Crippen LogP contribution in [0.25, 0.3) is 0 Å². The quantitative estimate of drug-likeness (QED) is 0.920. The fraction of sp³-hybridized carbons (Fsp3) is 0.625. The van der Waals surface area contributed by atoms with E-state index in [1.807, 2.05) is 7.05 Å². The summed E-state index contributed by atoms with van der Waals surface area (Å²) in [5.74, 6) is 0. The van der Waals surface area contributed by atoms with Crippen LogP contribution in [0.5, 0.6) is 0 Å².